The first-order valence-electron chi connectivity index (χ1n) is 5.15. The van der Waals surface area contributed by atoms with Crippen molar-refractivity contribution >= 4 is 26.0 Å². The molecule has 6 heteroatoms. The molecule has 0 bridgehead atoms. The molecule has 0 amide bonds. The monoisotopic (exact) mass is 321 g/mol. The van der Waals surface area contributed by atoms with Crippen LogP contribution in [0.15, 0.2) is 21.5 Å². The predicted octanol–water partition coefficient (Wildman–Crippen LogP) is 2.89. The molecule has 3 nitrogen and oxygen atoms in total. The maximum Gasteiger partial charge on any atom is 0.244 e. The number of benzene rings is 1. The molecular formula is C11H13BrFNO2S. The quantitative estimate of drug-likeness (QED) is 0.736. The number of nitrogens with zero attached hydrogens (tertiary/aromatic N) is 1. The number of hydrogen-bond acceptors (Lipinski definition) is 2. The van der Waals surface area contributed by atoms with Gasteiger partial charge in [-0.3, -0.25) is 0 Å². The zero-order valence-electron chi connectivity index (χ0n) is 9.79. The number of sulfonamides is 1. The van der Waals surface area contributed by atoms with E-state index in [0.29, 0.717) is 5.56 Å². The van der Waals surface area contributed by atoms with E-state index >= 15 is 0 Å². The summed E-state index contributed by atoms with van der Waals surface area (Å²) in [5.41, 5.74) is 0.00138. The van der Waals surface area contributed by atoms with Gasteiger partial charge in [0.1, 0.15) is 5.82 Å². The molecule has 0 saturated carbocycles. The van der Waals surface area contributed by atoms with Crippen molar-refractivity contribution in [1.82, 2.24) is 4.31 Å². The van der Waals surface area contributed by atoms with Crippen LogP contribution in [-0.4, -0.2) is 18.3 Å². The van der Waals surface area contributed by atoms with Gasteiger partial charge in [0.25, 0.3) is 0 Å². The Morgan fingerprint density at radius 1 is 1.35 bits per heavy atom. The summed E-state index contributed by atoms with van der Waals surface area (Å²) < 4.78 is 39.5. The van der Waals surface area contributed by atoms with Gasteiger partial charge in [0.2, 0.25) is 10.0 Å². The van der Waals surface area contributed by atoms with Crippen molar-refractivity contribution in [3.8, 4) is 0 Å². The summed E-state index contributed by atoms with van der Waals surface area (Å²) in [4.78, 5) is 0.195. The fourth-order valence-corrected chi connectivity index (χ4v) is 4.37. The molecule has 2 rings (SSSR count). The summed E-state index contributed by atoms with van der Waals surface area (Å²) in [7, 11) is -3.51. The lowest BCUT2D eigenvalue weighted by Gasteiger charge is -2.29. The van der Waals surface area contributed by atoms with Gasteiger partial charge in [-0.1, -0.05) is 0 Å². The fraction of sp³-hybridized carbons (Fsp3) is 0.455. The average Bonchev–Trinajstić information content (AvgIpc) is 2.40. The molecule has 0 aliphatic carbocycles. The van der Waals surface area contributed by atoms with Crippen LogP contribution in [0.4, 0.5) is 4.39 Å². The molecule has 0 N–H and O–H groups in total. The molecule has 0 fully saturated rings. The van der Waals surface area contributed by atoms with Gasteiger partial charge in [-0.05, 0) is 54.4 Å². The highest BCUT2D eigenvalue weighted by Crippen LogP contribution is 2.37. The third-order valence-corrected chi connectivity index (χ3v) is 5.53. The number of halogens is 2. The number of fused-ring (bicyclic) bond motifs is 1. The van der Waals surface area contributed by atoms with E-state index in [2.05, 4.69) is 15.9 Å². The molecule has 17 heavy (non-hydrogen) atoms. The van der Waals surface area contributed by atoms with Crippen LogP contribution in [0, 0.1) is 5.82 Å². The Kier molecular flexibility index (Phi) is 2.88. The van der Waals surface area contributed by atoms with E-state index in [-0.39, 0.29) is 15.9 Å². The van der Waals surface area contributed by atoms with E-state index < -0.39 is 21.4 Å². The third-order valence-electron chi connectivity index (χ3n) is 2.73. The zero-order chi connectivity index (χ0) is 13.0. The lowest BCUT2D eigenvalue weighted by molar-refractivity contribution is 0.252. The molecular weight excluding hydrogens is 309 g/mol. The van der Waals surface area contributed by atoms with Crippen LogP contribution in [0.1, 0.15) is 26.3 Å². The molecule has 0 aromatic heterocycles. The number of hydrogen-bond donors (Lipinski definition) is 0. The Morgan fingerprint density at radius 3 is 2.47 bits per heavy atom. The summed E-state index contributed by atoms with van der Waals surface area (Å²) in [5, 5.41) is 0. The Labute approximate surface area is 109 Å². The fourth-order valence-electron chi connectivity index (χ4n) is 1.89. The van der Waals surface area contributed by atoms with Gasteiger partial charge < -0.3 is 0 Å². The SMILES string of the molecule is CC(C)(C)N1Cc2cc(F)c(Br)cc2S1(=O)=O. The van der Waals surface area contributed by atoms with Crippen LogP contribution in [0.2, 0.25) is 0 Å². The largest absolute Gasteiger partial charge is 0.244 e. The minimum atomic E-state index is -3.51. The summed E-state index contributed by atoms with van der Waals surface area (Å²) in [6.07, 6.45) is 0. The van der Waals surface area contributed by atoms with Gasteiger partial charge in [0, 0.05) is 12.1 Å². The van der Waals surface area contributed by atoms with Crippen LogP contribution in [0.25, 0.3) is 0 Å². The molecule has 0 saturated heterocycles. The topological polar surface area (TPSA) is 37.4 Å². The first-order valence-corrected chi connectivity index (χ1v) is 7.38. The van der Waals surface area contributed by atoms with Crippen molar-refractivity contribution in [3.05, 3.63) is 28.0 Å². The number of rotatable bonds is 0. The van der Waals surface area contributed by atoms with E-state index in [0.717, 1.165) is 0 Å². The molecule has 94 valence electrons. The Bertz CT molecular complexity index is 578. The van der Waals surface area contributed by atoms with E-state index in [1.807, 2.05) is 20.8 Å². The van der Waals surface area contributed by atoms with Crippen molar-refractivity contribution < 1.29 is 12.8 Å². The maximum absolute atomic E-state index is 13.4. The van der Waals surface area contributed by atoms with Crippen LogP contribution < -0.4 is 0 Å². The van der Waals surface area contributed by atoms with Gasteiger partial charge in [0.05, 0.1) is 9.37 Å². The lowest BCUT2D eigenvalue weighted by atomic mass is 10.1. The highest BCUT2D eigenvalue weighted by molar-refractivity contribution is 9.10. The molecule has 0 unspecified atom stereocenters. The van der Waals surface area contributed by atoms with E-state index in [9.17, 15) is 12.8 Å². The molecule has 1 aliphatic rings. The zero-order valence-corrected chi connectivity index (χ0v) is 12.2. The van der Waals surface area contributed by atoms with Crippen molar-refractivity contribution in [1.29, 1.82) is 0 Å². The second-order valence-electron chi connectivity index (χ2n) is 5.06. The van der Waals surface area contributed by atoms with Crippen molar-refractivity contribution in [2.75, 3.05) is 0 Å². The third kappa shape index (κ3) is 2.02. The molecule has 1 aromatic rings. The van der Waals surface area contributed by atoms with Crippen molar-refractivity contribution in [2.24, 2.45) is 0 Å². The lowest BCUT2D eigenvalue weighted by Crippen LogP contribution is -2.41. The van der Waals surface area contributed by atoms with Gasteiger partial charge in [-0.25, -0.2) is 12.8 Å². The molecule has 1 aromatic carbocycles. The Hall–Kier alpha value is -0.460. The van der Waals surface area contributed by atoms with Gasteiger partial charge in [-0.15, -0.1) is 0 Å². The van der Waals surface area contributed by atoms with Crippen molar-refractivity contribution in [2.45, 2.75) is 37.8 Å². The van der Waals surface area contributed by atoms with Crippen LogP contribution in [0.5, 0.6) is 0 Å². The van der Waals surface area contributed by atoms with Gasteiger partial charge >= 0.3 is 0 Å². The first-order chi connectivity index (χ1) is 7.64. The summed E-state index contributed by atoms with van der Waals surface area (Å²) in [5.74, 6) is -0.435. The second kappa shape index (κ2) is 3.76. The van der Waals surface area contributed by atoms with E-state index in [1.54, 1.807) is 0 Å². The highest BCUT2D eigenvalue weighted by Gasteiger charge is 2.41. The molecule has 0 spiro atoms. The van der Waals surface area contributed by atoms with E-state index in [1.165, 1.54) is 16.4 Å². The maximum atomic E-state index is 13.4. The summed E-state index contributed by atoms with van der Waals surface area (Å²) in [6.45, 7) is 5.69. The molecule has 1 heterocycles. The minimum absolute atomic E-state index is 0.176. The average molecular weight is 322 g/mol. The van der Waals surface area contributed by atoms with Crippen LogP contribution in [0.3, 0.4) is 0 Å². The Morgan fingerprint density at radius 2 is 1.94 bits per heavy atom. The Balaban J connectivity index is 2.63. The molecule has 0 radical (unpaired) electrons. The van der Waals surface area contributed by atoms with Gasteiger partial charge in [0.15, 0.2) is 0 Å². The normalized spacial score (nSPS) is 19.4. The summed E-state index contributed by atoms with van der Waals surface area (Å²) in [6, 6.07) is 2.62. The standard InChI is InChI=1S/C11H13BrFNO2S/c1-11(2,3)14-6-7-4-9(13)8(12)5-10(7)17(14,15)16/h4-5H,6H2,1-3H3. The second-order valence-corrected chi connectivity index (χ2v) is 7.74. The molecule has 0 atom stereocenters. The minimum Gasteiger partial charge on any atom is -0.207 e. The van der Waals surface area contributed by atoms with Crippen LogP contribution in [-0.2, 0) is 16.6 Å². The first kappa shape index (κ1) is 13.0. The summed E-state index contributed by atoms with van der Waals surface area (Å²) >= 11 is 3.01. The van der Waals surface area contributed by atoms with E-state index in [4.69, 9.17) is 0 Å². The van der Waals surface area contributed by atoms with Gasteiger partial charge in [-0.2, -0.15) is 4.31 Å². The molecule has 1 aliphatic heterocycles. The smallest absolute Gasteiger partial charge is 0.207 e. The van der Waals surface area contributed by atoms with Crippen molar-refractivity contribution in [3.63, 3.8) is 0 Å². The predicted molar refractivity (Wildman–Crippen MR) is 66.6 cm³/mol. The van der Waals surface area contributed by atoms with Crippen LogP contribution >= 0.6 is 15.9 Å². The highest BCUT2D eigenvalue weighted by atomic mass is 79.9.